The number of ketones is 1. The lowest BCUT2D eigenvalue weighted by molar-refractivity contribution is 0.0347. The fourth-order valence-corrected chi connectivity index (χ4v) is 3.75. The van der Waals surface area contributed by atoms with Crippen LogP contribution in [0.1, 0.15) is 28.5 Å². The number of benzene rings is 2. The zero-order valence-electron chi connectivity index (χ0n) is 17.1. The van der Waals surface area contributed by atoms with Crippen molar-refractivity contribution >= 4 is 23.1 Å². The summed E-state index contributed by atoms with van der Waals surface area (Å²) >= 11 is 0. The second kappa shape index (κ2) is 8.16. The Balaban J connectivity index is 1.55. The van der Waals surface area contributed by atoms with E-state index in [9.17, 15) is 4.79 Å². The molecule has 0 radical (unpaired) electrons. The summed E-state index contributed by atoms with van der Waals surface area (Å²) in [7, 11) is 0. The van der Waals surface area contributed by atoms with Crippen LogP contribution in [0.2, 0.25) is 0 Å². The first kappa shape index (κ1) is 19.2. The molecule has 0 saturated carbocycles. The highest BCUT2D eigenvalue weighted by Crippen LogP contribution is 2.26. The Bertz CT molecular complexity index is 1250. The van der Waals surface area contributed by atoms with E-state index < -0.39 is 12.1 Å². The molecule has 0 bridgehead atoms. The van der Waals surface area contributed by atoms with Gasteiger partial charge in [0.25, 0.3) is 0 Å². The van der Waals surface area contributed by atoms with E-state index in [1.807, 2.05) is 96.4 Å². The third-order valence-corrected chi connectivity index (χ3v) is 5.38. The van der Waals surface area contributed by atoms with E-state index in [0.717, 1.165) is 11.1 Å². The minimum absolute atomic E-state index is 0.118. The van der Waals surface area contributed by atoms with Crippen LogP contribution < -0.4 is 5.32 Å². The summed E-state index contributed by atoms with van der Waals surface area (Å²) in [6.07, 6.45) is 1.43. The van der Waals surface area contributed by atoms with Gasteiger partial charge in [0.15, 0.2) is 5.82 Å². The molecule has 1 aliphatic rings. The Labute approximate surface area is 180 Å². The monoisotopic (exact) mass is 410 g/mol. The zero-order chi connectivity index (χ0) is 21.2. The summed E-state index contributed by atoms with van der Waals surface area (Å²) in [6, 6.07) is 24.7. The number of Topliss-reactive ketones (excluding diaryl/α,β-unsaturated/α-hetero) is 1. The van der Waals surface area contributed by atoms with Crippen LogP contribution in [0.3, 0.4) is 0 Å². The molecule has 5 rings (SSSR count). The molecule has 6 heteroatoms. The zero-order valence-corrected chi connectivity index (χ0v) is 17.1. The Hall–Kier alpha value is -3.77. The predicted octanol–water partition coefficient (Wildman–Crippen LogP) is 4.36. The van der Waals surface area contributed by atoms with Crippen LogP contribution in [-0.2, 0) is 11.3 Å². The number of hydrogen-bond donors (Lipinski definition) is 1. The first-order chi connectivity index (χ1) is 15.2. The lowest BCUT2D eigenvalue weighted by atomic mass is 10.1. The van der Waals surface area contributed by atoms with Crippen molar-refractivity contribution in [2.24, 2.45) is 4.99 Å². The largest absolute Gasteiger partial charge is 0.371 e. The highest BCUT2D eigenvalue weighted by Gasteiger charge is 2.34. The van der Waals surface area contributed by atoms with Crippen LogP contribution in [0.4, 0.5) is 5.82 Å². The molecule has 4 aromatic rings. The summed E-state index contributed by atoms with van der Waals surface area (Å²) in [5.41, 5.74) is 3.14. The molecule has 0 unspecified atom stereocenters. The number of pyridine rings is 1. The molecule has 3 heterocycles. The van der Waals surface area contributed by atoms with Crippen LogP contribution in [0, 0.1) is 0 Å². The SMILES string of the molecule is C[C@@H](OCc1ccccc1)[C@@H]1N=C(c2ccccc2)Nc2nc3ccccn3c2C1=O. The molecule has 2 aromatic carbocycles. The van der Waals surface area contributed by atoms with E-state index in [-0.39, 0.29) is 5.78 Å². The number of aromatic nitrogens is 2. The highest BCUT2D eigenvalue weighted by atomic mass is 16.5. The molecule has 0 saturated heterocycles. The Morgan fingerprint density at radius 3 is 2.48 bits per heavy atom. The van der Waals surface area contributed by atoms with E-state index in [4.69, 9.17) is 9.73 Å². The van der Waals surface area contributed by atoms with Crippen molar-refractivity contribution in [1.29, 1.82) is 0 Å². The fourth-order valence-electron chi connectivity index (χ4n) is 3.75. The number of imidazole rings is 1. The molecule has 2 atom stereocenters. The lowest BCUT2D eigenvalue weighted by Gasteiger charge is -2.20. The molecule has 0 aliphatic carbocycles. The molecule has 0 spiro atoms. The first-order valence-electron chi connectivity index (χ1n) is 10.3. The van der Waals surface area contributed by atoms with Gasteiger partial charge in [0.05, 0.1) is 12.7 Å². The van der Waals surface area contributed by atoms with Crippen molar-refractivity contribution in [3.8, 4) is 0 Å². The molecule has 1 N–H and O–H groups in total. The minimum atomic E-state index is -0.701. The van der Waals surface area contributed by atoms with Gasteiger partial charge in [-0.05, 0) is 24.6 Å². The average molecular weight is 410 g/mol. The maximum atomic E-state index is 13.7. The summed E-state index contributed by atoms with van der Waals surface area (Å²) in [6.45, 7) is 2.31. The number of carbonyl (C=O) groups is 1. The average Bonchev–Trinajstić information content (AvgIpc) is 3.11. The summed E-state index contributed by atoms with van der Waals surface area (Å²) in [4.78, 5) is 23.1. The van der Waals surface area contributed by atoms with Crippen LogP contribution in [0.25, 0.3) is 5.65 Å². The van der Waals surface area contributed by atoms with E-state index in [1.54, 1.807) is 0 Å². The van der Waals surface area contributed by atoms with E-state index in [2.05, 4.69) is 10.3 Å². The van der Waals surface area contributed by atoms with E-state index in [1.165, 1.54) is 0 Å². The van der Waals surface area contributed by atoms with Crippen molar-refractivity contribution in [3.05, 3.63) is 102 Å². The third-order valence-electron chi connectivity index (χ3n) is 5.38. The third kappa shape index (κ3) is 3.73. The Morgan fingerprint density at radius 1 is 1.00 bits per heavy atom. The number of nitrogens with one attached hydrogen (secondary N) is 1. The molecule has 2 aromatic heterocycles. The standard InChI is InChI=1S/C25H22N4O2/c1-17(31-16-18-10-4-2-5-11-18)21-23(30)22-25(26-20-14-8-9-15-29(20)22)28-24(27-21)19-12-6-3-7-13-19/h2-15,17,21H,16H2,1H3,(H,27,28)/t17-,21+/m1/s1. The molecule has 1 aliphatic heterocycles. The van der Waals surface area contributed by atoms with Crippen molar-refractivity contribution in [2.75, 3.05) is 5.32 Å². The second-order valence-corrected chi connectivity index (χ2v) is 7.52. The van der Waals surface area contributed by atoms with Crippen molar-refractivity contribution in [1.82, 2.24) is 9.38 Å². The number of fused-ring (bicyclic) bond motifs is 3. The van der Waals surface area contributed by atoms with E-state index >= 15 is 0 Å². The normalized spacial score (nSPS) is 16.9. The van der Waals surface area contributed by atoms with Gasteiger partial charge in [0.2, 0.25) is 5.78 Å². The van der Waals surface area contributed by atoms with Gasteiger partial charge in [0.1, 0.15) is 23.2 Å². The van der Waals surface area contributed by atoms with Crippen molar-refractivity contribution in [3.63, 3.8) is 0 Å². The smallest absolute Gasteiger partial charge is 0.210 e. The number of amidine groups is 1. The van der Waals surface area contributed by atoms with Crippen LogP contribution in [-0.4, -0.2) is 33.1 Å². The number of hydrogen-bond acceptors (Lipinski definition) is 5. The quantitative estimate of drug-likeness (QED) is 0.531. The van der Waals surface area contributed by atoms with Gasteiger partial charge in [-0.1, -0.05) is 66.7 Å². The number of nitrogens with zero attached hydrogens (tertiary/aromatic N) is 3. The summed E-state index contributed by atoms with van der Waals surface area (Å²) in [5.74, 6) is 1.00. The van der Waals surface area contributed by atoms with Crippen molar-refractivity contribution in [2.45, 2.75) is 25.7 Å². The predicted molar refractivity (Wildman–Crippen MR) is 121 cm³/mol. The van der Waals surface area contributed by atoms with Gasteiger partial charge in [-0.25, -0.2) is 4.98 Å². The van der Waals surface area contributed by atoms with Gasteiger partial charge in [-0.3, -0.25) is 14.2 Å². The highest BCUT2D eigenvalue weighted by molar-refractivity contribution is 6.16. The van der Waals surface area contributed by atoms with Gasteiger partial charge < -0.3 is 10.1 Å². The maximum Gasteiger partial charge on any atom is 0.210 e. The number of ether oxygens (including phenoxy) is 1. The van der Waals surface area contributed by atoms with Crippen LogP contribution in [0.15, 0.2) is 90.1 Å². The number of aliphatic imine (C=N–C) groups is 1. The topological polar surface area (TPSA) is 68.0 Å². The summed E-state index contributed by atoms with van der Waals surface area (Å²) < 4.78 is 7.91. The second-order valence-electron chi connectivity index (χ2n) is 7.52. The van der Waals surface area contributed by atoms with Gasteiger partial charge in [0, 0.05) is 11.8 Å². The number of rotatable bonds is 5. The lowest BCUT2D eigenvalue weighted by Crippen LogP contribution is -2.33. The molecular formula is C25H22N4O2. The minimum Gasteiger partial charge on any atom is -0.371 e. The fraction of sp³-hybridized carbons (Fsp3) is 0.160. The van der Waals surface area contributed by atoms with Gasteiger partial charge in [-0.15, -0.1) is 0 Å². The van der Waals surface area contributed by atoms with Gasteiger partial charge >= 0.3 is 0 Å². The molecular weight excluding hydrogens is 388 g/mol. The number of anilines is 1. The molecule has 6 nitrogen and oxygen atoms in total. The molecule has 154 valence electrons. The molecule has 0 fully saturated rings. The number of carbonyl (C=O) groups excluding carboxylic acids is 1. The molecule has 31 heavy (non-hydrogen) atoms. The first-order valence-corrected chi connectivity index (χ1v) is 10.3. The Morgan fingerprint density at radius 2 is 1.71 bits per heavy atom. The maximum absolute atomic E-state index is 13.7. The summed E-state index contributed by atoms with van der Waals surface area (Å²) in [5, 5.41) is 3.30. The van der Waals surface area contributed by atoms with Gasteiger partial charge in [-0.2, -0.15) is 0 Å². The van der Waals surface area contributed by atoms with E-state index in [0.29, 0.717) is 29.6 Å². The Kier molecular flexibility index (Phi) is 5.06. The van der Waals surface area contributed by atoms with Crippen LogP contribution in [0.5, 0.6) is 0 Å². The van der Waals surface area contributed by atoms with Crippen LogP contribution >= 0.6 is 0 Å². The van der Waals surface area contributed by atoms with Crippen molar-refractivity contribution < 1.29 is 9.53 Å². The molecule has 0 amide bonds.